The van der Waals surface area contributed by atoms with Crippen molar-refractivity contribution in [2.75, 3.05) is 16.4 Å². The van der Waals surface area contributed by atoms with Gasteiger partial charge in [0, 0.05) is 6.07 Å². The molecule has 0 aliphatic rings. The Hall–Kier alpha value is -3.14. The van der Waals surface area contributed by atoms with Crippen LogP contribution in [0, 0.1) is 11.6 Å². The second kappa shape index (κ2) is 7.47. The predicted molar refractivity (Wildman–Crippen MR) is 95.8 cm³/mol. The normalized spacial score (nSPS) is 11.4. The molecule has 1 aromatic heterocycles. The lowest BCUT2D eigenvalue weighted by Gasteiger charge is -2.15. The summed E-state index contributed by atoms with van der Waals surface area (Å²) in [5.41, 5.74) is 4.71. The average molecular weight is 416 g/mol. The van der Waals surface area contributed by atoms with Gasteiger partial charge in [0.1, 0.15) is 23.6 Å². The van der Waals surface area contributed by atoms with E-state index in [1.807, 2.05) is 0 Å². The topological polar surface area (TPSA) is 75.9 Å². The van der Waals surface area contributed by atoms with Crippen molar-refractivity contribution in [1.82, 2.24) is 9.97 Å². The summed E-state index contributed by atoms with van der Waals surface area (Å²) >= 11 is 5.94. The smallest absolute Gasteiger partial charge is 0.393 e. The van der Waals surface area contributed by atoms with E-state index in [-0.39, 0.29) is 33.7 Å². The van der Waals surface area contributed by atoms with E-state index in [0.29, 0.717) is 6.07 Å². The maximum absolute atomic E-state index is 13.8. The van der Waals surface area contributed by atoms with Crippen molar-refractivity contribution < 1.29 is 22.0 Å². The Labute approximate surface area is 160 Å². The molecule has 3 rings (SSSR count). The minimum Gasteiger partial charge on any atom is -0.393 e. The van der Waals surface area contributed by atoms with Crippen LogP contribution in [0.2, 0.25) is 5.02 Å². The number of benzene rings is 2. The molecule has 4 N–H and O–H groups in total. The van der Waals surface area contributed by atoms with Gasteiger partial charge in [-0.3, -0.25) is 0 Å². The lowest BCUT2D eigenvalue weighted by molar-refractivity contribution is -0.137. The van der Waals surface area contributed by atoms with Crippen LogP contribution >= 0.6 is 11.6 Å². The second-order valence-corrected chi connectivity index (χ2v) is 5.96. The van der Waals surface area contributed by atoms with Gasteiger partial charge in [0.15, 0.2) is 11.6 Å². The number of nitrogens with one attached hydrogen (secondary N) is 2. The fourth-order valence-electron chi connectivity index (χ4n) is 2.24. The molecule has 0 fully saturated rings. The minimum atomic E-state index is -4.56. The van der Waals surface area contributed by atoms with Crippen LogP contribution in [0.15, 0.2) is 42.7 Å². The van der Waals surface area contributed by atoms with Gasteiger partial charge in [0.25, 0.3) is 0 Å². The van der Waals surface area contributed by atoms with Crippen LogP contribution < -0.4 is 16.4 Å². The number of halogens is 6. The molecule has 3 aromatic rings. The predicted octanol–water partition coefficient (Wildman–Crippen LogP) is 5.50. The molecule has 0 atom stereocenters. The summed E-state index contributed by atoms with van der Waals surface area (Å²) in [6.07, 6.45) is -3.50. The van der Waals surface area contributed by atoms with E-state index in [1.165, 1.54) is 0 Å². The zero-order valence-corrected chi connectivity index (χ0v) is 14.5. The maximum Gasteiger partial charge on any atom is 0.416 e. The van der Waals surface area contributed by atoms with Gasteiger partial charge in [-0.15, -0.1) is 0 Å². The van der Waals surface area contributed by atoms with Crippen molar-refractivity contribution in [3.63, 3.8) is 0 Å². The van der Waals surface area contributed by atoms with Gasteiger partial charge >= 0.3 is 6.18 Å². The average Bonchev–Trinajstić information content (AvgIpc) is 2.61. The van der Waals surface area contributed by atoms with Crippen molar-refractivity contribution in [3.8, 4) is 0 Å². The van der Waals surface area contributed by atoms with Gasteiger partial charge in [-0.05, 0) is 30.3 Å². The molecule has 2 aromatic carbocycles. The Balaban J connectivity index is 1.92. The number of rotatable bonds is 4. The SMILES string of the molecule is Nc1c(Nc2ccc(F)cc2F)ncnc1Nc1cc(C(F)(F)F)ccc1Cl. The number of alkyl halides is 3. The van der Waals surface area contributed by atoms with Crippen LogP contribution in [-0.4, -0.2) is 9.97 Å². The van der Waals surface area contributed by atoms with Crippen molar-refractivity contribution in [3.05, 3.63) is 64.9 Å². The highest BCUT2D eigenvalue weighted by atomic mass is 35.5. The Kier molecular flexibility index (Phi) is 5.23. The second-order valence-electron chi connectivity index (χ2n) is 5.55. The largest absolute Gasteiger partial charge is 0.416 e. The number of nitrogens with two attached hydrogens (primary N) is 1. The molecule has 0 aliphatic heterocycles. The summed E-state index contributed by atoms with van der Waals surface area (Å²) in [6.45, 7) is 0. The van der Waals surface area contributed by atoms with Gasteiger partial charge in [0.05, 0.1) is 22.0 Å². The van der Waals surface area contributed by atoms with Crippen molar-refractivity contribution in [1.29, 1.82) is 0 Å². The molecule has 1 heterocycles. The van der Waals surface area contributed by atoms with Crippen molar-refractivity contribution >= 4 is 40.3 Å². The van der Waals surface area contributed by atoms with Crippen molar-refractivity contribution in [2.45, 2.75) is 6.18 Å². The first-order valence-electron chi connectivity index (χ1n) is 7.61. The van der Waals surface area contributed by atoms with Crippen LogP contribution in [0.5, 0.6) is 0 Å². The molecule has 5 nitrogen and oxygen atoms in total. The lowest BCUT2D eigenvalue weighted by atomic mass is 10.2. The summed E-state index contributed by atoms with van der Waals surface area (Å²) in [6, 6.07) is 5.56. The number of hydrogen-bond acceptors (Lipinski definition) is 5. The zero-order valence-electron chi connectivity index (χ0n) is 13.8. The number of nitrogen functional groups attached to an aromatic ring is 1. The molecular weight excluding hydrogens is 405 g/mol. The summed E-state index contributed by atoms with van der Waals surface area (Å²) in [4.78, 5) is 7.72. The molecule has 0 aliphatic carbocycles. The minimum absolute atomic E-state index is 0.00472. The number of aromatic nitrogens is 2. The number of hydrogen-bond donors (Lipinski definition) is 3. The van der Waals surface area contributed by atoms with Gasteiger partial charge in [0.2, 0.25) is 0 Å². The fourth-order valence-corrected chi connectivity index (χ4v) is 2.40. The molecule has 0 saturated carbocycles. The maximum atomic E-state index is 13.8. The van der Waals surface area contributed by atoms with E-state index in [4.69, 9.17) is 17.3 Å². The van der Waals surface area contributed by atoms with Crippen LogP contribution in [0.25, 0.3) is 0 Å². The monoisotopic (exact) mass is 415 g/mol. The van der Waals surface area contributed by atoms with E-state index in [2.05, 4.69) is 20.6 Å². The van der Waals surface area contributed by atoms with E-state index in [0.717, 1.165) is 36.7 Å². The third-order valence-electron chi connectivity index (χ3n) is 3.61. The van der Waals surface area contributed by atoms with Crippen LogP contribution in [0.1, 0.15) is 5.56 Å². The van der Waals surface area contributed by atoms with Crippen LogP contribution in [0.3, 0.4) is 0 Å². The highest BCUT2D eigenvalue weighted by Crippen LogP contribution is 2.36. The highest BCUT2D eigenvalue weighted by Gasteiger charge is 2.31. The van der Waals surface area contributed by atoms with E-state index in [9.17, 15) is 22.0 Å². The number of nitrogens with zero attached hydrogens (tertiary/aromatic N) is 2. The standard InChI is InChI=1S/C17H11ClF5N5/c18-10-3-1-8(17(21,22)23)5-13(10)28-16-14(24)15(25-7-26-16)27-12-4-2-9(19)6-11(12)20/h1-7H,24H2,(H2,25,26,27,28). The molecule has 11 heteroatoms. The summed E-state index contributed by atoms with van der Waals surface area (Å²) in [5.74, 6) is -1.74. The van der Waals surface area contributed by atoms with Gasteiger partial charge in [-0.2, -0.15) is 13.2 Å². The van der Waals surface area contributed by atoms with Gasteiger partial charge < -0.3 is 16.4 Å². The van der Waals surface area contributed by atoms with Crippen molar-refractivity contribution in [2.24, 2.45) is 0 Å². The summed E-state index contributed by atoms with van der Waals surface area (Å²) < 4.78 is 65.5. The summed E-state index contributed by atoms with van der Waals surface area (Å²) in [7, 11) is 0. The quantitative estimate of drug-likeness (QED) is 0.491. The molecule has 146 valence electrons. The lowest BCUT2D eigenvalue weighted by Crippen LogP contribution is -2.08. The molecule has 28 heavy (non-hydrogen) atoms. The molecule has 0 saturated heterocycles. The van der Waals surface area contributed by atoms with E-state index in [1.54, 1.807) is 0 Å². The third kappa shape index (κ3) is 4.22. The van der Waals surface area contributed by atoms with Crippen LogP contribution in [0.4, 0.5) is 50.6 Å². The molecule has 0 bridgehead atoms. The first kappa shape index (κ1) is 19.6. The highest BCUT2D eigenvalue weighted by molar-refractivity contribution is 6.33. The van der Waals surface area contributed by atoms with Gasteiger partial charge in [-0.1, -0.05) is 11.6 Å². The Morgan fingerprint density at radius 2 is 1.54 bits per heavy atom. The van der Waals surface area contributed by atoms with Crippen LogP contribution in [-0.2, 0) is 6.18 Å². The number of anilines is 5. The van der Waals surface area contributed by atoms with E-state index < -0.39 is 23.4 Å². The first-order valence-corrected chi connectivity index (χ1v) is 7.99. The molecule has 0 unspecified atom stereocenters. The third-order valence-corrected chi connectivity index (χ3v) is 3.94. The molecular formula is C17H11ClF5N5. The Morgan fingerprint density at radius 3 is 2.14 bits per heavy atom. The van der Waals surface area contributed by atoms with E-state index >= 15 is 0 Å². The Bertz CT molecular complexity index is 1030. The molecule has 0 spiro atoms. The summed E-state index contributed by atoms with van der Waals surface area (Å²) in [5, 5.41) is 5.18. The molecule has 0 radical (unpaired) electrons. The fraction of sp³-hybridized carbons (Fsp3) is 0.0588. The Morgan fingerprint density at radius 1 is 0.893 bits per heavy atom. The molecule has 0 amide bonds. The first-order chi connectivity index (χ1) is 13.1. The van der Waals surface area contributed by atoms with Gasteiger partial charge in [-0.25, -0.2) is 18.7 Å². The zero-order chi connectivity index (χ0) is 20.5.